The summed E-state index contributed by atoms with van der Waals surface area (Å²) >= 11 is 0. The number of rotatable bonds is 0. The van der Waals surface area contributed by atoms with Crippen LogP contribution in [0.2, 0.25) is 0 Å². The predicted molar refractivity (Wildman–Crippen MR) is 45.2 cm³/mol. The summed E-state index contributed by atoms with van der Waals surface area (Å²) in [6, 6.07) is 0. The summed E-state index contributed by atoms with van der Waals surface area (Å²) in [7, 11) is 0. The highest BCUT2D eigenvalue weighted by atomic mass is 16.5. The van der Waals surface area contributed by atoms with E-state index in [1.165, 1.54) is 37.9 Å². The van der Waals surface area contributed by atoms with Gasteiger partial charge >= 0.3 is 0 Å². The molecule has 0 N–H and O–H groups in total. The van der Waals surface area contributed by atoms with E-state index in [2.05, 4.69) is 6.92 Å². The predicted octanol–water partition coefficient (Wildman–Crippen LogP) is 2.87. The molecule has 0 aromatic carbocycles. The number of hydrogen-bond donors (Lipinski definition) is 0. The van der Waals surface area contributed by atoms with E-state index in [0.717, 1.165) is 12.5 Å². The molecule has 0 amide bonds. The van der Waals surface area contributed by atoms with E-state index in [1.54, 1.807) is 5.57 Å². The van der Waals surface area contributed by atoms with Crippen molar-refractivity contribution < 1.29 is 4.74 Å². The van der Waals surface area contributed by atoms with Gasteiger partial charge in [-0.2, -0.15) is 0 Å². The molecule has 2 aliphatic rings. The van der Waals surface area contributed by atoms with Crippen molar-refractivity contribution in [2.45, 2.75) is 39.0 Å². The SMILES string of the molecule is C[C@H]1COC2=C(CCCC2)C1. The molecule has 0 saturated heterocycles. The largest absolute Gasteiger partial charge is 0.498 e. The van der Waals surface area contributed by atoms with Crippen LogP contribution in [0.4, 0.5) is 0 Å². The van der Waals surface area contributed by atoms with E-state index in [1.807, 2.05) is 0 Å². The molecular weight excluding hydrogens is 136 g/mol. The van der Waals surface area contributed by atoms with E-state index >= 15 is 0 Å². The lowest BCUT2D eigenvalue weighted by Gasteiger charge is -2.28. The summed E-state index contributed by atoms with van der Waals surface area (Å²) in [6.45, 7) is 3.23. The van der Waals surface area contributed by atoms with Gasteiger partial charge < -0.3 is 4.74 Å². The van der Waals surface area contributed by atoms with Crippen LogP contribution in [-0.4, -0.2) is 6.61 Å². The molecule has 0 aromatic rings. The Labute approximate surface area is 68.4 Å². The van der Waals surface area contributed by atoms with Crippen LogP contribution in [0.1, 0.15) is 39.0 Å². The van der Waals surface area contributed by atoms with Crippen LogP contribution in [0, 0.1) is 5.92 Å². The molecular formula is C10H16O. The maximum absolute atomic E-state index is 5.67. The average molecular weight is 152 g/mol. The van der Waals surface area contributed by atoms with Crippen LogP contribution in [0.3, 0.4) is 0 Å². The Morgan fingerprint density at radius 2 is 2.09 bits per heavy atom. The normalized spacial score (nSPS) is 31.2. The molecule has 1 heterocycles. The van der Waals surface area contributed by atoms with Crippen LogP contribution in [0.15, 0.2) is 11.3 Å². The van der Waals surface area contributed by atoms with E-state index in [9.17, 15) is 0 Å². The first-order valence-electron chi connectivity index (χ1n) is 4.70. The second-order valence-corrected chi connectivity index (χ2v) is 3.85. The number of hydrogen-bond acceptors (Lipinski definition) is 1. The lowest BCUT2D eigenvalue weighted by atomic mass is 9.89. The van der Waals surface area contributed by atoms with Gasteiger partial charge in [0.15, 0.2) is 0 Å². The third-order valence-electron chi connectivity index (χ3n) is 2.66. The number of ether oxygens (including phenoxy) is 1. The van der Waals surface area contributed by atoms with Crippen molar-refractivity contribution in [3.05, 3.63) is 11.3 Å². The van der Waals surface area contributed by atoms with Gasteiger partial charge in [-0.05, 0) is 37.2 Å². The first kappa shape index (κ1) is 7.20. The van der Waals surface area contributed by atoms with Crippen molar-refractivity contribution in [3.63, 3.8) is 0 Å². The van der Waals surface area contributed by atoms with Crippen LogP contribution < -0.4 is 0 Å². The standard InChI is InChI=1S/C10H16O/c1-8-6-9-4-2-3-5-10(9)11-7-8/h8H,2-7H2,1H3/t8-/m1/s1. The Morgan fingerprint density at radius 1 is 1.27 bits per heavy atom. The monoisotopic (exact) mass is 152 g/mol. The Balaban J connectivity index is 2.12. The van der Waals surface area contributed by atoms with Gasteiger partial charge in [0, 0.05) is 6.42 Å². The third kappa shape index (κ3) is 1.42. The van der Waals surface area contributed by atoms with Crippen molar-refractivity contribution in [1.82, 2.24) is 0 Å². The highest BCUT2D eigenvalue weighted by Gasteiger charge is 2.21. The van der Waals surface area contributed by atoms with Crippen LogP contribution >= 0.6 is 0 Å². The van der Waals surface area contributed by atoms with Gasteiger partial charge in [0.25, 0.3) is 0 Å². The zero-order valence-electron chi connectivity index (χ0n) is 7.23. The minimum absolute atomic E-state index is 0.756. The molecule has 62 valence electrons. The molecule has 0 radical (unpaired) electrons. The zero-order valence-corrected chi connectivity index (χ0v) is 7.23. The zero-order chi connectivity index (χ0) is 7.68. The van der Waals surface area contributed by atoms with Gasteiger partial charge in [-0.25, -0.2) is 0 Å². The fourth-order valence-electron chi connectivity index (χ4n) is 2.05. The molecule has 0 fully saturated rings. The summed E-state index contributed by atoms with van der Waals surface area (Å²) < 4.78 is 5.67. The number of allylic oxidation sites excluding steroid dienone is 2. The van der Waals surface area contributed by atoms with E-state index in [0.29, 0.717) is 0 Å². The topological polar surface area (TPSA) is 9.23 Å². The maximum atomic E-state index is 5.67. The van der Waals surface area contributed by atoms with E-state index in [-0.39, 0.29) is 0 Å². The van der Waals surface area contributed by atoms with Gasteiger partial charge in [0.05, 0.1) is 12.4 Å². The van der Waals surface area contributed by atoms with Gasteiger partial charge in [-0.15, -0.1) is 0 Å². The van der Waals surface area contributed by atoms with E-state index in [4.69, 9.17) is 4.74 Å². The Bertz CT molecular complexity index is 181. The van der Waals surface area contributed by atoms with E-state index < -0.39 is 0 Å². The molecule has 1 atom stereocenters. The quantitative estimate of drug-likeness (QED) is 0.518. The van der Waals surface area contributed by atoms with Gasteiger partial charge in [-0.3, -0.25) is 0 Å². The first-order valence-corrected chi connectivity index (χ1v) is 4.70. The average Bonchev–Trinajstić information content (AvgIpc) is 2.04. The highest BCUT2D eigenvalue weighted by molar-refractivity contribution is 5.14. The second kappa shape index (κ2) is 2.88. The Kier molecular flexibility index (Phi) is 1.89. The Morgan fingerprint density at radius 3 is 3.00 bits per heavy atom. The molecule has 0 spiro atoms. The summed E-state index contributed by atoms with van der Waals surface area (Å²) in [4.78, 5) is 0. The Hall–Kier alpha value is -0.460. The molecule has 11 heavy (non-hydrogen) atoms. The minimum Gasteiger partial charge on any atom is -0.498 e. The summed E-state index contributed by atoms with van der Waals surface area (Å²) in [5.41, 5.74) is 1.62. The van der Waals surface area contributed by atoms with Crippen LogP contribution in [0.5, 0.6) is 0 Å². The highest BCUT2D eigenvalue weighted by Crippen LogP contribution is 2.33. The molecule has 1 aliphatic heterocycles. The lowest BCUT2D eigenvalue weighted by Crippen LogP contribution is -2.17. The maximum Gasteiger partial charge on any atom is 0.0951 e. The molecule has 0 bridgehead atoms. The van der Waals surface area contributed by atoms with Crippen molar-refractivity contribution in [1.29, 1.82) is 0 Å². The van der Waals surface area contributed by atoms with Gasteiger partial charge in [0.1, 0.15) is 0 Å². The molecule has 1 heteroatoms. The summed E-state index contributed by atoms with van der Waals surface area (Å²) in [5, 5.41) is 0. The van der Waals surface area contributed by atoms with Crippen molar-refractivity contribution in [3.8, 4) is 0 Å². The molecule has 0 unspecified atom stereocenters. The minimum atomic E-state index is 0.756. The molecule has 0 aromatic heterocycles. The fraction of sp³-hybridized carbons (Fsp3) is 0.800. The summed E-state index contributed by atoms with van der Waals surface area (Å²) in [6.07, 6.45) is 6.54. The first-order chi connectivity index (χ1) is 5.36. The van der Waals surface area contributed by atoms with Crippen molar-refractivity contribution in [2.24, 2.45) is 5.92 Å². The van der Waals surface area contributed by atoms with Crippen LogP contribution in [-0.2, 0) is 4.74 Å². The molecule has 1 aliphatic carbocycles. The molecule has 0 saturated carbocycles. The van der Waals surface area contributed by atoms with Crippen molar-refractivity contribution >= 4 is 0 Å². The second-order valence-electron chi connectivity index (χ2n) is 3.85. The van der Waals surface area contributed by atoms with Crippen molar-refractivity contribution in [2.75, 3.05) is 6.61 Å². The van der Waals surface area contributed by atoms with Gasteiger partial charge in [-0.1, -0.05) is 6.92 Å². The smallest absolute Gasteiger partial charge is 0.0951 e. The lowest BCUT2D eigenvalue weighted by molar-refractivity contribution is 0.131. The summed E-state index contributed by atoms with van der Waals surface area (Å²) in [5.74, 6) is 2.10. The van der Waals surface area contributed by atoms with Crippen LogP contribution in [0.25, 0.3) is 0 Å². The fourth-order valence-corrected chi connectivity index (χ4v) is 2.05. The molecule has 1 nitrogen and oxygen atoms in total. The molecule has 2 rings (SSSR count). The van der Waals surface area contributed by atoms with Gasteiger partial charge in [0.2, 0.25) is 0 Å². The third-order valence-corrected chi connectivity index (χ3v) is 2.66.